The summed E-state index contributed by atoms with van der Waals surface area (Å²) in [5, 5.41) is 3.20. The maximum Gasteiger partial charge on any atom is 0.198 e. The third-order valence-corrected chi connectivity index (χ3v) is 2.11. The molecule has 2 rings (SSSR count). The molecule has 1 unspecified atom stereocenters. The van der Waals surface area contributed by atoms with Gasteiger partial charge in [-0.1, -0.05) is 0 Å². The first-order valence-electron chi connectivity index (χ1n) is 4.11. The molecule has 0 spiro atoms. The molecular weight excluding hydrogens is 159 g/mol. The van der Waals surface area contributed by atoms with Gasteiger partial charge in [0, 0.05) is 12.5 Å². The molecule has 0 radical (unpaired) electrons. The minimum Gasteiger partial charge on any atom is -0.443 e. The summed E-state index contributed by atoms with van der Waals surface area (Å²) in [6, 6.07) is 0. The smallest absolute Gasteiger partial charge is 0.198 e. The van der Waals surface area contributed by atoms with Gasteiger partial charge in [-0.05, 0) is 13.0 Å². The zero-order valence-electron chi connectivity index (χ0n) is 6.72. The highest BCUT2D eigenvalue weighted by molar-refractivity contribution is 5.00. The van der Waals surface area contributed by atoms with E-state index in [9.17, 15) is 4.39 Å². The average Bonchev–Trinajstić information content (AvgIpc) is 2.75. The van der Waals surface area contributed by atoms with Crippen LogP contribution in [-0.2, 0) is 6.67 Å². The minimum absolute atomic E-state index is 0.330. The Morgan fingerprint density at radius 2 is 2.67 bits per heavy atom. The number of nitrogens with zero attached hydrogens (tertiary/aromatic N) is 1. The van der Waals surface area contributed by atoms with E-state index in [2.05, 4.69) is 10.3 Å². The van der Waals surface area contributed by atoms with Crippen molar-refractivity contribution in [2.75, 3.05) is 13.1 Å². The molecule has 4 heteroatoms. The Morgan fingerprint density at radius 3 is 3.25 bits per heavy atom. The lowest BCUT2D eigenvalue weighted by molar-refractivity contribution is 0.363. The van der Waals surface area contributed by atoms with Crippen molar-refractivity contribution in [2.24, 2.45) is 0 Å². The quantitative estimate of drug-likeness (QED) is 0.725. The predicted molar refractivity (Wildman–Crippen MR) is 41.5 cm³/mol. The Morgan fingerprint density at radius 1 is 1.75 bits per heavy atom. The third kappa shape index (κ3) is 1.34. The van der Waals surface area contributed by atoms with Crippen molar-refractivity contribution in [3.05, 3.63) is 17.8 Å². The number of nitrogens with one attached hydrogen (secondary N) is 1. The number of oxazole rings is 1. The number of aromatic nitrogens is 1. The lowest BCUT2D eigenvalue weighted by Crippen LogP contribution is -2.07. The molecule has 1 atom stereocenters. The number of rotatable bonds is 2. The molecule has 0 saturated carbocycles. The van der Waals surface area contributed by atoms with Gasteiger partial charge >= 0.3 is 0 Å². The molecule has 1 aromatic rings. The van der Waals surface area contributed by atoms with Crippen LogP contribution in [-0.4, -0.2) is 18.1 Å². The largest absolute Gasteiger partial charge is 0.443 e. The van der Waals surface area contributed by atoms with Gasteiger partial charge in [-0.25, -0.2) is 9.37 Å². The van der Waals surface area contributed by atoms with Crippen LogP contribution < -0.4 is 5.32 Å². The molecule has 1 aromatic heterocycles. The van der Waals surface area contributed by atoms with Crippen LogP contribution in [0.5, 0.6) is 0 Å². The summed E-state index contributed by atoms with van der Waals surface area (Å²) in [7, 11) is 0. The number of hydrogen-bond donors (Lipinski definition) is 1. The zero-order valence-corrected chi connectivity index (χ0v) is 6.72. The van der Waals surface area contributed by atoms with Gasteiger partial charge < -0.3 is 9.73 Å². The fourth-order valence-electron chi connectivity index (χ4n) is 1.44. The van der Waals surface area contributed by atoms with E-state index < -0.39 is 6.67 Å². The van der Waals surface area contributed by atoms with Gasteiger partial charge in [0.2, 0.25) is 0 Å². The Bertz CT molecular complexity index is 255. The second-order valence-corrected chi connectivity index (χ2v) is 2.99. The van der Waals surface area contributed by atoms with Crippen molar-refractivity contribution >= 4 is 0 Å². The SMILES string of the molecule is FCc1cnc(C2CCNC2)o1. The molecule has 3 nitrogen and oxygen atoms in total. The summed E-state index contributed by atoms with van der Waals surface area (Å²) in [6.45, 7) is 1.33. The van der Waals surface area contributed by atoms with E-state index in [1.165, 1.54) is 6.20 Å². The van der Waals surface area contributed by atoms with Gasteiger partial charge in [0.15, 0.2) is 11.7 Å². The van der Waals surface area contributed by atoms with Crippen LogP contribution in [0.3, 0.4) is 0 Å². The van der Waals surface area contributed by atoms with E-state index in [1.54, 1.807) is 0 Å². The van der Waals surface area contributed by atoms with Gasteiger partial charge in [0.05, 0.1) is 6.20 Å². The highest BCUT2D eigenvalue weighted by Crippen LogP contribution is 2.21. The van der Waals surface area contributed by atoms with Crippen molar-refractivity contribution < 1.29 is 8.81 Å². The van der Waals surface area contributed by atoms with Crippen LogP contribution in [0.15, 0.2) is 10.6 Å². The summed E-state index contributed by atoms with van der Waals surface area (Å²) in [6.07, 6.45) is 2.50. The van der Waals surface area contributed by atoms with Gasteiger partial charge in [0.1, 0.15) is 6.67 Å². The van der Waals surface area contributed by atoms with Gasteiger partial charge in [-0.3, -0.25) is 0 Å². The van der Waals surface area contributed by atoms with Crippen molar-refractivity contribution in [3.8, 4) is 0 Å². The van der Waals surface area contributed by atoms with Crippen LogP contribution in [0, 0.1) is 0 Å². The van der Waals surface area contributed by atoms with E-state index in [4.69, 9.17) is 4.42 Å². The molecule has 2 heterocycles. The summed E-state index contributed by atoms with van der Waals surface area (Å²) in [5.74, 6) is 1.34. The van der Waals surface area contributed by atoms with Crippen molar-refractivity contribution in [2.45, 2.75) is 19.0 Å². The van der Waals surface area contributed by atoms with Crippen molar-refractivity contribution in [3.63, 3.8) is 0 Å². The third-order valence-electron chi connectivity index (χ3n) is 2.11. The molecule has 0 amide bonds. The molecule has 12 heavy (non-hydrogen) atoms. The molecule has 0 aliphatic carbocycles. The fourth-order valence-corrected chi connectivity index (χ4v) is 1.44. The molecule has 66 valence electrons. The number of halogens is 1. The van der Waals surface area contributed by atoms with E-state index in [0.717, 1.165) is 19.5 Å². The van der Waals surface area contributed by atoms with Crippen LogP contribution in [0.4, 0.5) is 4.39 Å². The zero-order chi connectivity index (χ0) is 8.39. The van der Waals surface area contributed by atoms with E-state index in [1.807, 2.05) is 0 Å². The molecule has 1 aliphatic rings. The summed E-state index contributed by atoms with van der Waals surface area (Å²) < 4.78 is 17.3. The second kappa shape index (κ2) is 3.23. The summed E-state index contributed by atoms with van der Waals surface area (Å²) in [4.78, 5) is 4.02. The first kappa shape index (κ1) is 7.73. The van der Waals surface area contributed by atoms with E-state index >= 15 is 0 Å². The van der Waals surface area contributed by atoms with Gasteiger partial charge in [-0.2, -0.15) is 0 Å². The lowest BCUT2D eigenvalue weighted by Gasteiger charge is -2.00. The first-order chi connectivity index (χ1) is 5.90. The molecule has 0 bridgehead atoms. The summed E-state index contributed by atoms with van der Waals surface area (Å²) in [5.41, 5.74) is 0. The predicted octanol–water partition coefficient (Wildman–Crippen LogP) is 1.22. The maximum absolute atomic E-state index is 12.1. The number of alkyl halides is 1. The second-order valence-electron chi connectivity index (χ2n) is 2.99. The molecule has 0 aromatic carbocycles. The Kier molecular flexibility index (Phi) is 2.08. The van der Waals surface area contributed by atoms with E-state index in [-0.39, 0.29) is 0 Å². The van der Waals surface area contributed by atoms with Crippen LogP contribution in [0.25, 0.3) is 0 Å². The normalized spacial score (nSPS) is 23.2. The Labute approximate surface area is 70.0 Å². The van der Waals surface area contributed by atoms with Crippen molar-refractivity contribution in [1.82, 2.24) is 10.3 Å². The monoisotopic (exact) mass is 170 g/mol. The molecule has 1 fully saturated rings. The minimum atomic E-state index is -0.562. The highest BCUT2D eigenvalue weighted by Gasteiger charge is 2.21. The average molecular weight is 170 g/mol. The maximum atomic E-state index is 12.1. The van der Waals surface area contributed by atoms with Crippen LogP contribution >= 0.6 is 0 Å². The molecular formula is C8H11FN2O. The van der Waals surface area contributed by atoms with E-state index in [0.29, 0.717) is 17.6 Å². The Hall–Kier alpha value is -0.900. The number of hydrogen-bond acceptors (Lipinski definition) is 3. The van der Waals surface area contributed by atoms with Gasteiger partial charge in [-0.15, -0.1) is 0 Å². The summed E-state index contributed by atoms with van der Waals surface area (Å²) >= 11 is 0. The van der Waals surface area contributed by atoms with Crippen molar-refractivity contribution in [1.29, 1.82) is 0 Å². The lowest BCUT2D eigenvalue weighted by atomic mass is 10.1. The highest BCUT2D eigenvalue weighted by atomic mass is 19.1. The van der Waals surface area contributed by atoms with Crippen LogP contribution in [0.2, 0.25) is 0 Å². The molecule has 1 saturated heterocycles. The fraction of sp³-hybridized carbons (Fsp3) is 0.625. The molecule has 1 N–H and O–H groups in total. The standard InChI is InChI=1S/C8H11FN2O/c9-3-7-5-11-8(12-7)6-1-2-10-4-6/h5-6,10H,1-4H2. The Balaban J connectivity index is 2.11. The van der Waals surface area contributed by atoms with Gasteiger partial charge in [0.25, 0.3) is 0 Å². The topological polar surface area (TPSA) is 38.1 Å². The molecule has 1 aliphatic heterocycles. The first-order valence-corrected chi connectivity index (χ1v) is 4.11. The van der Waals surface area contributed by atoms with Crippen LogP contribution in [0.1, 0.15) is 24.0 Å².